The zero-order valence-corrected chi connectivity index (χ0v) is 35.4. The highest BCUT2D eigenvalue weighted by Gasteiger charge is 2.19. The number of hydrogen-bond acceptors (Lipinski definition) is 6. The van der Waals surface area contributed by atoms with Gasteiger partial charge in [-0.25, -0.2) is 4.79 Å². The number of esters is 1. The number of hydrogen-bond donors (Lipinski definition) is 4. The third-order valence-corrected chi connectivity index (χ3v) is 9.51. The monoisotopic (exact) mass is 785 g/mol. The van der Waals surface area contributed by atoms with Gasteiger partial charge in [0.15, 0.2) is 0 Å². The molecule has 0 radical (unpaired) electrons. The van der Waals surface area contributed by atoms with Crippen LogP contribution in [0.15, 0.2) is 60.8 Å². The minimum absolute atomic E-state index is 0.0904. The summed E-state index contributed by atoms with van der Waals surface area (Å²) in [6.45, 7) is 3.35. The highest BCUT2D eigenvalue weighted by Crippen LogP contribution is 2.17. The van der Waals surface area contributed by atoms with Crippen LogP contribution in [0.2, 0.25) is 0 Å². The summed E-state index contributed by atoms with van der Waals surface area (Å²) in [6.07, 6.45) is 49.6. The molecule has 0 rings (SSSR count). The van der Waals surface area contributed by atoms with Gasteiger partial charge in [0, 0.05) is 12.8 Å². The van der Waals surface area contributed by atoms with Gasteiger partial charge in [-0.3, -0.25) is 14.4 Å². The summed E-state index contributed by atoms with van der Waals surface area (Å²) < 4.78 is 5.99. The number of carbonyl (C=O) groups excluding carboxylic acids is 3. The number of ether oxygens (including phenoxy) is 1. The van der Waals surface area contributed by atoms with Gasteiger partial charge in [-0.05, 0) is 89.9 Å². The first-order valence-corrected chi connectivity index (χ1v) is 22.2. The van der Waals surface area contributed by atoms with E-state index in [-0.39, 0.29) is 30.9 Å². The summed E-state index contributed by atoms with van der Waals surface area (Å²) in [4.78, 5) is 47.6. The van der Waals surface area contributed by atoms with Gasteiger partial charge in [-0.15, -0.1) is 0 Å². The minimum atomic E-state index is -1.39. The second-order valence-corrected chi connectivity index (χ2v) is 14.7. The minimum Gasteiger partial charge on any atom is -0.480 e. The highest BCUT2D eigenvalue weighted by atomic mass is 16.5. The molecule has 2 unspecified atom stereocenters. The fourth-order valence-electron chi connectivity index (χ4n) is 6.11. The van der Waals surface area contributed by atoms with Gasteiger partial charge < -0.3 is 25.6 Å². The van der Waals surface area contributed by atoms with Crippen molar-refractivity contribution in [3.05, 3.63) is 60.8 Å². The number of aliphatic hydroxyl groups is 1. The van der Waals surface area contributed by atoms with Crippen LogP contribution in [0, 0.1) is 0 Å². The van der Waals surface area contributed by atoms with Crippen LogP contribution < -0.4 is 10.6 Å². The van der Waals surface area contributed by atoms with E-state index in [1.54, 1.807) is 0 Å². The second-order valence-electron chi connectivity index (χ2n) is 14.7. The van der Waals surface area contributed by atoms with E-state index in [4.69, 9.17) is 14.9 Å². The molecule has 0 fully saturated rings. The lowest BCUT2D eigenvalue weighted by molar-refractivity contribution is -0.150. The van der Waals surface area contributed by atoms with E-state index in [9.17, 15) is 19.2 Å². The van der Waals surface area contributed by atoms with E-state index in [1.165, 1.54) is 57.8 Å². The number of carboxylic acids is 1. The van der Waals surface area contributed by atoms with Gasteiger partial charge in [0.25, 0.3) is 0 Å². The van der Waals surface area contributed by atoms with Crippen molar-refractivity contribution >= 4 is 23.8 Å². The Morgan fingerprint density at radius 1 is 0.554 bits per heavy atom. The number of unbranched alkanes of at least 4 members (excludes halogenated alkanes) is 15. The van der Waals surface area contributed by atoms with E-state index in [0.29, 0.717) is 12.8 Å². The van der Waals surface area contributed by atoms with E-state index >= 15 is 0 Å². The third kappa shape index (κ3) is 37.5. The summed E-state index contributed by atoms with van der Waals surface area (Å²) in [6, 6.07) is -1.39. The lowest BCUT2D eigenvalue weighted by Crippen LogP contribution is -2.47. The molecule has 9 heteroatoms. The average Bonchev–Trinajstić information content (AvgIpc) is 3.18. The molecule has 0 aliphatic heterocycles. The number of amides is 2. The van der Waals surface area contributed by atoms with Gasteiger partial charge >= 0.3 is 11.9 Å². The first-order valence-electron chi connectivity index (χ1n) is 22.2. The highest BCUT2D eigenvalue weighted by molar-refractivity contribution is 5.87. The smallest absolute Gasteiger partial charge is 0.328 e. The van der Waals surface area contributed by atoms with E-state index < -0.39 is 24.5 Å². The summed E-state index contributed by atoms with van der Waals surface area (Å²) >= 11 is 0. The lowest BCUT2D eigenvalue weighted by atomic mass is 10.0. The van der Waals surface area contributed by atoms with Gasteiger partial charge in [0.1, 0.15) is 12.1 Å². The molecular formula is C47H80N2O7. The predicted octanol–water partition coefficient (Wildman–Crippen LogP) is 10.9. The standard InChI is InChI=1S/C47H80N2O7/c1-3-5-7-9-11-13-15-17-18-20-22-24-26-31-35-39-46(53)56-42(36-32-28-25-23-21-19-16-14-12-10-8-6-4-2)37-33-29-27-30-34-38-44(51)48-40-45(52)49-43(41-50)47(54)55/h6,8,12,14,17-19,21,25,28,42-43,50H,3-5,7,9-11,13,15-16,20,22-24,26-27,29-41H2,1-2H3,(H,48,51)(H,49,52)(H,54,55)/b8-6-,14-12-,18-17-,21-19-,28-25-. The Hall–Kier alpha value is -3.46. The first-order chi connectivity index (χ1) is 27.3. The number of allylic oxidation sites excluding steroid dienone is 10. The molecule has 2 amide bonds. The molecule has 2 atom stereocenters. The molecule has 56 heavy (non-hydrogen) atoms. The molecule has 0 aromatic carbocycles. The Balaban J connectivity index is 4.44. The lowest BCUT2D eigenvalue weighted by Gasteiger charge is -2.17. The SMILES string of the molecule is CC/C=C\C/C=C\C/C=C\C/C=C\CCC(CCCCCCCC(=O)NCC(=O)NC(CO)C(=O)O)OC(=O)CCCCCCC/C=C\CCCCCCCC. The zero-order valence-electron chi connectivity index (χ0n) is 35.4. The molecule has 0 saturated carbocycles. The normalized spacial score (nSPS) is 13.1. The van der Waals surface area contributed by atoms with Crippen molar-refractivity contribution in [2.24, 2.45) is 0 Å². The summed E-state index contributed by atoms with van der Waals surface area (Å²) in [5.74, 6) is -2.36. The van der Waals surface area contributed by atoms with Crippen molar-refractivity contribution in [1.29, 1.82) is 0 Å². The van der Waals surface area contributed by atoms with Crippen molar-refractivity contribution in [1.82, 2.24) is 10.6 Å². The van der Waals surface area contributed by atoms with Crippen LogP contribution in [0.4, 0.5) is 0 Å². The Bertz CT molecular complexity index is 1130. The van der Waals surface area contributed by atoms with Crippen molar-refractivity contribution in [2.45, 2.75) is 199 Å². The van der Waals surface area contributed by atoms with E-state index in [2.05, 4.69) is 85.2 Å². The molecule has 320 valence electrons. The number of carboxylic acid groups (broad SMARTS) is 1. The summed E-state index contributed by atoms with van der Waals surface area (Å²) in [7, 11) is 0. The van der Waals surface area contributed by atoms with Crippen LogP contribution in [-0.4, -0.2) is 59.3 Å². The Morgan fingerprint density at radius 3 is 1.62 bits per heavy atom. The molecule has 0 aliphatic carbocycles. The van der Waals surface area contributed by atoms with Crippen molar-refractivity contribution < 1.29 is 34.1 Å². The van der Waals surface area contributed by atoms with E-state index in [1.807, 2.05) is 0 Å². The summed E-state index contributed by atoms with van der Waals surface area (Å²) in [5.41, 5.74) is 0. The topological polar surface area (TPSA) is 142 Å². The maximum Gasteiger partial charge on any atom is 0.328 e. The van der Waals surface area contributed by atoms with Crippen LogP contribution in [0.5, 0.6) is 0 Å². The molecule has 0 aromatic rings. The molecule has 0 bridgehead atoms. The van der Waals surface area contributed by atoms with Crippen LogP contribution in [0.25, 0.3) is 0 Å². The number of aliphatic hydroxyl groups excluding tert-OH is 1. The molecule has 0 heterocycles. The molecular weight excluding hydrogens is 705 g/mol. The molecule has 0 saturated heterocycles. The number of nitrogens with one attached hydrogen (secondary N) is 2. The van der Waals surface area contributed by atoms with Crippen molar-refractivity contribution in [2.75, 3.05) is 13.2 Å². The average molecular weight is 785 g/mol. The van der Waals surface area contributed by atoms with Crippen LogP contribution in [-0.2, 0) is 23.9 Å². The van der Waals surface area contributed by atoms with Crippen LogP contribution in [0.3, 0.4) is 0 Å². The number of rotatable bonds is 39. The van der Waals surface area contributed by atoms with Crippen molar-refractivity contribution in [3.8, 4) is 0 Å². The van der Waals surface area contributed by atoms with Crippen molar-refractivity contribution in [3.63, 3.8) is 0 Å². The Kier molecular flexibility index (Phi) is 38.6. The maximum atomic E-state index is 12.8. The number of carbonyl (C=O) groups is 4. The Morgan fingerprint density at radius 2 is 1.05 bits per heavy atom. The van der Waals surface area contributed by atoms with Crippen LogP contribution >= 0.6 is 0 Å². The molecule has 0 spiro atoms. The third-order valence-electron chi connectivity index (χ3n) is 9.51. The quantitative estimate of drug-likeness (QED) is 0.0276. The van der Waals surface area contributed by atoms with Gasteiger partial charge in [0.05, 0.1) is 13.2 Å². The first kappa shape index (κ1) is 52.5. The van der Waals surface area contributed by atoms with E-state index in [0.717, 1.165) is 96.3 Å². The van der Waals surface area contributed by atoms with Gasteiger partial charge in [-0.1, -0.05) is 145 Å². The van der Waals surface area contributed by atoms with Gasteiger partial charge in [-0.2, -0.15) is 0 Å². The maximum absolute atomic E-state index is 12.8. The molecule has 9 nitrogen and oxygen atoms in total. The number of aliphatic carboxylic acids is 1. The van der Waals surface area contributed by atoms with Crippen LogP contribution in [0.1, 0.15) is 187 Å². The fourth-order valence-corrected chi connectivity index (χ4v) is 6.11. The van der Waals surface area contributed by atoms with Gasteiger partial charge in [0.2, 0.25) is 11.8 Å². The second kappa shape index (κ2) is 41.2. The largest absolute Gasteiger partial charge is 0.480 e. The Labute approximate surface area is 341 Å². The summed E-state index contributed by atoms with van der Waals surface area (Å²) in [5, 5.41) is 22.5. The molecule has 0 aromatic heterocycles. The predicted molar refractivity (Wildman–Crippen MR) is 231 cm³/mol. The fraction of sp³-hybridized carbons (Fsp3) is 0.702. The zero-order chi connectivity index (χ0) is 41.2. The molecule has 4 N–H and O–H groups in total. The molecule has 0 aliphatic rings.